The topological polar surface area (TPSA) is 138 Å². The normalized spacial score (nSPS) is 29.3. The van der Waals surface area contributed by atoms with E-state index in [0.717, 1.165) is 31.7 Å². The molecular weight excluding hydrogens is 483 g/mol. The Morgan fingerprint density at radius 3 is 2.39 bits per heavy atom. The number of nitrogens with two attached hydrogens (primary N) is 1. The largest absolute Gasteiger partial charge is 0.453 e. The van der Waals surface area contributed by atoms with Gasteiger partial charge in [-0.2, -0.15) is 18.3 Å². The standard InChI is InChI=1S/C23H30F3N5O5/c1-21(2,30-20(34)35-3)4-5-31-17(23(24,25)26)15(11-28-31)18(32)29-16-13-6-12-7-14(16)10-22(8-12,9-13)36-19(27)33/h4-5,11-14,16H,6-10H2,1-3H3,(H2,27,33)(H,29,32)(H,30,34). The third kappa shape index (κ3) is 5.14. The Morgan fingerprint density at radius 1 is 1.19 bits per heavy atom. The summed E-state index contributed by atoms with van der Waals surface area (Å²) in [6, 6.07) is -0.332. The van der Waals surface area contributed by atoms with Crippen LogP contribution in [-0.4, -0.2) is 52.2 Å². The van der Waals surface area contributed by atoms with Gasteiger partial charge in [0, 0.05) is 12.2 Å². The van der Waals surface area contributed by atoms with Crippen LogP contribution in [0.25, 0.3) is 6.20 Å². The second kappa shape index (κ2) is 9.00. The number of aromatic nitrogens is 2. The first kappa shape index (κ1) is 25.8. The summed E-state index contributed by atoms with van der Waals surface area (Å²) in [6.07, 6.45) is 0.166. The summed E-state index contributed by atoms with van der Waals surface area (Å²) in [5.41, 5.74) is 1.75. The number of hydrogen-bond donors (Lipinski definition) is 3. The SMILES string of the molecule is COC(=O)NC(C)(C)C=Cn1ncc(C(=O)NC2C3CC4CC2CC(OC(N)=O)(C4)C3)c1C(F)(F)F. The molecule has 4 bridgehead atoms. The highest BCUT2D eigenvalue weighted by atomic mass is 19.4. The predicted octanol–water partition coefficient (Wildman–Crippen LogP) is 3.28. The number of alkyl carbamates (subject to hydrolysis) is 1. The molecule has 4 aliphatic rings. The molecule has 13 heteroatoms. The van der Waals surface area contributed by atoms with Gasteiger partial charge in [-0.3, -0.25) is 4.79 Å². The zero-order valence-electron chi connectivity index (χ0n) is 20.2. The van der Waals surface area contributed by atoms with Crippen LogP contribution in [0.2, 0.25) is 0 Å². The smallest absolute Gasteiger partial charge is 0.434 e. The lowest BCUT2D eigenvalue weighted by atomic mass is 9.52. The number of rotatable bonds is 6. The zero-order valence-corrected chi connectivity index (χ0v) is 20.2. The molecule has 1 heterocycles. The maximum Gasteiger partial charge on any atom is 0.434 e. The molecule has 36 heavy (non-hydrogen) atoms. The van der Waals surface area contributed by atoms with E-state index in [4.69, 9.17) is 10.5 Å². The highest BCUT2D eigenvalue weighted by Crippen LogP contribution is 2.57. The Hall–Kier alpha value is -3.25. The van der Waals surface area contributed by atoms with Crippen LogP contribution in [-0.2, 0) is 15.7 Å². The summed E-state index contributed by atoms with van der Waals surface area (Å²) in [4.78, 5) is 36.0. The van der Waals surface area contributed by atoms with Crippen LogP contribution < -0.4 is 16.4 Å². The van der Waals surface area contributed by atoms with E-state index in [1.807, 2.05) is 0 Å². The second-order valence-electron chi connectivity index (χ2n) is 10.6. The van der Waals surface area contributed by atoms with Crippen LogP contribution in [0.1, 0.15) is 62.0 Å². The third-order valence-electron chi connectivity index (χ3n) is 7.38. The molecule has 10 nitrogen and oxygen atoms in total. The van der Waals surface area contributed by atoms with Gasteiger partial charge >= 0.3 is 18.4 Å². The number of primary amides is 1. The number of hydrogen-bond acceptors (Lipinski definition) is 6. The summed E-state index contributed by atoms with van der Waals surface area (Å²) >= 11 is 0. The molecule has 4 aliphatic carbocycles. The van der Waals surface area contributed by atoms with Crippen LogP contribution in [0, 0.1) is 17.8 Å². The second-order valence-corrected chi connectivity index (χ2v) is 10.6. The molecule has 2 unspecified atom stereocenters. The summed E-state index contributed by atoms with van der Waals surface area (Å²) < 4.78 is 52.6. The van der Waals surface area contributed by atoms with Crippen molar-refractivity contribution < 1.29 is 37.0 Å². The molecule has 2 atom stereocenters. The van der Waals surface area contributed by atoms with Crippen LogP contribution in [0.5, 0.6) is 0 Å². The molecule has 4 saturated carbocycles. The number of ether oxygens (including phenoxy) is 2. The molecule has 0 aromatic carbocycles. The summed E-state index contributed by atoms with van der Waals surface area (Å²) in [5, 5.41) is 9.06. The monoisotopic (exact) mass is 513 g/mol. The molecule has 3 amide bonds. The lowest BCUT2D eigenvalue weighted by molar-refractivity contribution is -0.143. The average molecular weight is 514 g/mol. The van der Waals surface area contributed by atoms with Crippen LogP contribution >= 0.6 is 0 Å². The van der Waals surface area contributed by atoms with Crippen molar-refractivity contribution in [2.75, 3.05) is 7.11 Å². The van der Waals surface area contributed by atoms with Gasteiger partial charge in [-0.15, -0.1) is 0 Å². The highest BCUT2D eigenvalue weighted by Gasteiger charge is 2.57. The van der Waals surface area contributed by atoms with E-state index in [9.17, 15) is 27.6 Å². The lowest BCUT2D eigenvalue weighted by Gasteiger charge is -2.58. The van der Waals surface area contributed by atoms with Gasteiger partial charge < -0.3 is 25.8 Å². The van der Waals surface area contributed by atoms with Crippen molar-refractivity contribution in [3.63, 3.8) is 0 Å². The van der Waals surface area contributed by atoms with Gasteiger partial charge in [-0.05, 0) is 69.8 Å². The molecular formula is C23H30F3N5O5. The van der Waals surface area contributed by atoms with Crippen molar-refractivity contribution in [2.24, 2.45) is 23.5 Å². The highest BCUT2D eigenvalue weighted by molar-refractivity contribution is 5.95. The Balaban J connectivity index is 1.54. The number of nitrogens with zero attached hydrogens (tertiary/aromatic N) is 2. The van der Waals surface area contributed by atoms with Gasteiger partial charge in [-0.1, -0.05) is 0 Å². The fraction of sp³-hybridized carbons (Fsp3) is 0.652. The summed E-state index contributed by atoms with van der Waals surface area (Å²) in [6.45, 7) is 3.12. The minimum Gasteiger partial charge on any atom is -0.453 e. The van der Waals surface area contributed by atoms with Gasteiger partial charge in [0.05, 0.1) is 24.4 Å². The maximum absolute atomic E-state index is 14.0. The Bertz CT molecular complexity index is 1070. The third-order valence-corrected chi connectivity index (χ3v) is 7.38. The number of methoxy groups -OCH3 is 1. The van der Waals surface area contributed by atoms with E-state index in [0.29, 0.717) is 23.4 Å². The molecule has 0 aliphatic heterocycles. The van der Waals surface area contributed by atoms with Crippen molar-refractivity contribution in [1.29, 1.82) is 0 Å². The molecule has 0 saturated heterocycles. The van der Waals surface area contributed by atoms with Crippen molar-refractivity contribution in [2.45, 2.75) is 69.3 Å². The molecule has 4 N–H and O–H groups in total. The summed E-state index contributed by atoms with van der Waals surface area (Å²) in [7, 11) is 1.17. The van der Waals surface area contributed by atoms with Gasteiger partial charge in [0.15, 0.2) is 5.69 Å². The van der Waals surface area contributed by atoms with Crippen LogP contribution in [0.3, 0.4) is 0 Å². The average Bonchev–Trinajstić information content (AvgIpc) is 3.18. The number of carbonyl (C=O) groups is 3. The van der Waals surface area contributed by atoms with E-state index < -0.39 is 46.7 Å². The minimum atomic E-state index is -4.86. The fourth-order valence-electron chi connectivity index (χ4n) is 6.29. The molecule has 198 valence electrons. The number of nitrogens with one attached hydrogen (secondary N) is 2. The van der Waals surface area contributed by atoms with Crippen molar-refractivity contribution >= 4 is 24.3 Å². The minimum absolute atomic E-state index is 0.0194. The molecule has 1 aromatic rings. The lowest BCUT2D eigenvalue weighted by Crippen LogP contribution is -2.63. The summed E-state index contributed by atoms with van der Waals surface area (Å²) in [5.74, 6) is -0.574. The number of alkyl halides is 3. The molecule has 0 spiro atoms. The fourth-order valence-corrected chi connectivity index (χ4v) is 6.29. The maximum atomic E-state index is 14.0. The Labute approximate surface area is 205 Å². The Kier molecular flexibility index (Phi) is 6.46. The van der Waals surface area contributed by atoms with Gasteiger partial charge in [0.2, 0.25) is 0 Å². The first-order valence-electron chi connectivity index (χ1n) is 11.7. The van der Waals surface area contributed by atoms with Crippen molar-refractivity contribution in [3.05, 3.63) is 23.5 Å². The molecule has 4 fully saturated rings. The Morgan fingerprint density at radius 2 is 1.83 bits per heavy atom. The van der Waals surface area contributed by atoms with E-state index in [1.165, 1.54) is 13.2 Å². The van der Waals surface area contributed by atoms with Crippen LogP contribution in [0.4, 0.5) is 22.8 Å². The van der Waals surface area contributed by atoms with Crippen molar-refractivity contribution in [3.8, 4) is 0 Å². The van der Waals surface area contributed by atoms with E-state index >= 15 is 0 Å². The quantitative estimate of drug-likeness (QED) is 0.534. The molecule has 0 radical (unpaired) electrons. The molecule has 1 aromatic heterocycles. The van der Waals surface area contributed by atoms with E-state index in [-0.39, 0.29) is 17.9 Å². The van der Waals surface area contributed by atoms with Gasteiger partial charge in [-0.25, -0.2) is 14.3 Å². The number of carbonyl (C=O) groups excluding carboxylic acids is 3. The predicted molar refractivity (Wildman–Crippen MR) is 120 cm³/mol. The first-order chi connectivity index (χ1) is 16.7. The number of halogens is 3. The zero-order chi connectivity index (χ0) is 26.5. The van der Waals surface area contributed by atoms with Crippen molar-refractivity contribution in [1.82, 2.24) is 20.4 Å². The van der Waals surface area contributed by atoms with E-state index in [1.54, 1.807) is 13.8 Å². The van der Waals surface area contributed by atoms with Gasteiger partial charge in [0.1, 0.15) is 5.60 Å². The number of amides is 3. The van der Waals surface area contributed by atoms with E-state index in [2.05, 4.69) is 20.5 Å². The first-order valence-corrected chi connectivity index (χ1v) is 11.7. The van der Waals surface area contributed by atoms with Gasteiger partial charge in [0.25, 0.3) is 5.91 Å². The van der Waals surface area contributed by atoms with Crippen LogP contribution in [0.15, 0.2) is 12.3 Å². The molecule has 5 rings (SSSR count).